The largest absolute Gasteiger partial charge is 0.325 e. The zero-order chi connectivity index (χ0) is 20.5. The number of nitrogens with one attached hydrogen (secondary N) is 2. The van der Waals surface area contributed by atoms with Crippen LogP contribution in [0.1, 0.15) is 35.7 Å². The fraction of sp³-hybridized carbons (Fsp3) is 0.261. The van der Waals surface area contributed by atoms with Crippen LogP contribution in [0.5, 0.6) is 0 Å². The van der Waals surface area contributed by atoms with Crippen LogP contribution < -0.4 is 10.5 Å². The first-order valence-corrected chi connectivity index (χ1v) is 9.87. The van der Waals surface area contributed by atoms with E-state index in [1.165, 1.54) is 10.5 Å². The molecular weight excluding hydrogens is 362 g/mol. The summed E-state index contributed by atoms with van der Waals surface area (Å²) in [5.74, 6) is 0.706. The average Bonchev–Trinajstić information content (AvgIpc) is 3.02. The van der Waals surface area contributed by atoms with Gasteiger partial charge in [-0.3, -0.25) is 4.79 Å². The number of benzene rings is 2. The molecule has 0 amide bonds. The van der Waals surface area contributed by atoms with Gasteiger partial charge in [-0.25, -0.2) is 9.67 Å². The van der Waals surface area contributed by atoms with Crippen molar-refractivity contribution in [3.05, 3.63) is 87.7 Å². The minimum absolute atomic E-state index is 0.0335. The average molecular weight is 388 g/mol. The molecule has 29 heavy (non-hydrogen) atoms. The van der Waals surface area contributed by atoms with Crippen molar-refractivity contribution in [3.63, 3.8) is 0 Å². The maximum absolute atomic E-state index is 12.4. The molecule has 0 aliphatic carbocycles. The lowest BCUT2D eigenvalue weighted by molar-refractivity contribution is -0.924. The lowest BCUT2D eigenvalue weighted by Gasteiger charge is -2.21. The van der Waals surface area contributed by atoms with Crippen molar-refractivity contribution in [2.45, 2.75) is 33.4 Å². The smallest absolute Gasteiger partial charge is 0.258 e. The topological polar surface area (TPSA) is 68.0 Å². The van der Waals surface area contributed by atoms with Gasteiger partial charge < -0.3 is 9.88 Å². The fourth-order valence-electron chi connectivity index (χ4n) is 3.73. The standard InChI is InChI=1S/C23H25N5O/c1-15-20(16(2)28(26-15)18-10-6-5-7-11-18)14-27(4)17(3)22-24-21-13-9-8-12-19(21)23(29)25-22/h5-13,17H,14H2,1-4H3,(H,24,25,29)/p+1/t17-/m0/s1. The second kappa shape index (κ2) is 7.64. The van der Waals surface area contributed by atoms with Crippen LogP contribution in [0, 0.1) is 13.8 Å². The first-order valence-electron chi connectivity index (χ1n) is 9.87. The number of aryl methyl sites for hydroxylation is 1. The van der Waals surface area contributed by atoms with E-state index in [0.29, 0.717) is 11.2 Å². The van der Waals surface area contributed by atoms with Crippen LogP contribution in [0.3, 0.4) is 0 Å². The third-order valence-electron chi connectivity index (χ3n) is 5.68. The van der Waals surface area contributed by atoms with Gasteiger partial charge in [0.05, 0.1) is 40.6 Å². The van der Waals surface area contributed by atoms with Crippen LogP contribution >= 0.6 is 0 Å². The highest BCUT2D eigenvalue weighted by Crippen LogP contribution is 2.17. The third-order valence-corrected chi connectivity index (χ3v) is 5.68. The molecule has 148 valence electrons. The molecule has 2 N–H and O–H groups in total. The second-order valence-electron chi connectivity index (χ2n) is 7.61. The molecule has 2 aromatic carbocycles. The van der Waals surface area contributed by atoms with E-state index in [4.69, 9.17) is 10.1 Å². The van der Waals surface area contributed by atoms with Crippen molar-refractivity contribution in [2.75, 3.05) is 7.05 Å². The Kier molecular flexibility index (Phi) is 5.03. The lowest BCUT2D eigenvalue weighted by Crippen LogP contribution is -3.07. The molecule has 1 unspecified atom stereocenters. The zero-order valence-electron chi connectivity index (χ0n) is 17.2. The molecule has 6 heteroatoms. The Hall–Kier alpha value is -3.25. The van der Waals surface area contributed by atoms with Crippen molar-refractivity contribution < 1.29 is 4.90 Å². The molecule has 0 saturated heterocycles. The minimum atomic E-state index is -0.0884. The molecule has 4 aromatic rings. The summed E-state index contributed by atoms with van der Waals surface area (Å²) in [6.07, 6.45) is 0. The molecule has 0 aliphatic heterocycles. The Morgan fingerprint density at radius 3 is 2.52 bits per heavy atom. The summed E-state index contributed by atoms with van der Waals surface area (Å²) in [7, 11) is 2.12. The first-order chi connectivity index (χ1) is 14.0. The van der Waals surface area contributed by atoms with Crippen molar-refractivity contribution in [1.29, 1.82) is 0 Å². The highest BCUT2D eigenvalue weighted by molar-refractivity contribution is 5.77. The highest BCUT2D eigenvalue weighted by Gasteiger charge is 2.23. The molecule has 6 nitrogen and oxygen atoms in total. The van der Waals surface area contributed by atoms with E-state index in [1.54, 1.807) is 6.07 Å². The van der Waals surface area contributed by atoms with Crippen LogP contribution in [0.2, 0.25) is 0 Å². The van der Waals surface area contributed by atoms with Crippen LogP contribution in [-0.4, -0.2) is 26.8 Å². The first kappa shape index (κ1) is 19.1. The number of para-hydroxylation sites is 2. The van der Waals surface area contributed by atoms with Crippen molar-refractivity contribution in [1.82, 2.24) is 19.7 Å². The number of hydrogen-bond donors (Lipinski definition) is 2. The predicted octanol–water partition coefficient (Wildman–Crippen LogP) is 2.50. The maximum Gasteiger partial charge on any atom is 0.258 e. The van der Waals surface area contributed by atoms with Gasteiger partial charge in [0.1, 0.15) is 12.6 Å². The molecule has 2 heterocycles. The van der Waals surface area contributed by atoms with Gasteiger partial charge in [-0.05, 0) is 45.0 Å². The molecule has 2 aromatic heterocycles. The molecule has 4 rings (SSSR count). The normalized spacial score (nSPS) is 13.5. The second-order valence-corrected chi connectivity index (χ2v) is 7.61. The number of aromatic amines is 1. The SMILES string of the molecule is Cc1nn(-c2ccccc2)c(C)c1C[NH+](C)[C@@H](C)c1nc2ccccc2c(=O)[nH]1. The van der Waals surface area contributed by atoms with E-state index < -0.39 is 0 Å². The van der Waals surface area contributed by atoms with Gasteiger partial charge in [0.25, 0.3) is 5.56 Å². The Balaban J connectivity index is 1.62. The molecule has 0 saturated carbocycles. The summed E-state index contributed by atoms with van der Waals surface area (Å²) in [6, 6.07) is 17.7. The van der Waals surface area contributed by atoms with E-state index in [1.807, 2.05) is 41.1 Å². The zero-order valence-corrected chi connectivity index (χ0v) is 17.2. The number of fused-ring (bicyclic) bond motifs is 1. The fourth-order valence-corrected chi connectivity index (χ4v) is 3.73. The Bertz CT molecular complexity index is 1210. The van der Waals surface area contributed by atoms with E-state index in [2.05, 4.69) is 44.9 Å². The van der Waals surface area contributed by atoms with Crippen LogP contribution in [0.4, 0.5) is 0 Å². The third kappa shape index (κ3) is 3.59. The van der Waals surface area contributed by atoms with Gasteiger partial charge in [-0.1, -0.05) is 30.3 Å². The van der Waals surface area contributed by atoms with Crippen LogP contribution in [-0.2, 0) is 6.54 Å². The van der Waals surface area contributed by atoms with Gasteiger partial charge >= 0.3 is 0 Å². The minimum Gasteiger partial charge on any atom is -0.325 e. The summed E-state index contributed by atoms with van der Waals surface area (Å²) in [5, 5.41) is 5.37. The Morgan fingerprint density at radius 2 is 1.76 bits per heavy atom. The molecule has 0 aliphatic rings. The molecule has 2 atom stereocenters. The summed E-state index contributed by atoms with van der Waals surface area (Å²) < 4.78 is 2.00. The number of H-pyrrole nitrogens is 1. The van der Waals surface area contributed by atoms with E-state index in [-0.39, 0.29) is 11.6 Å². The maximum atomic E-state index is 12.4. The molecule has 0 bridgehead atoms. The Labute approximate surface area is 169 Å². The van der Waals surface area contributed by atoms with Gasteiger partial charge in [-0.2, -0.15) is 5.10 Å². The molecule has 0 fully saturated rings. The van der Waals surface area contributed by atoms with Crippen molar-refractivity contribution in [2.24, 2.45) is 0 Å². The van der Waals surface area contributed by atoms with Gasteiger partial charge in [0, 0.05) is 0 Å². The van der Waals surface area contributed by atoms with E-state index in [0.717, 1.165) is 29.1 Å². The predicted molar refractivity (Wildman–Crippen MR) is 114 cm³/mol. The van der Waals surface area contributed by atoms with Crippen molar-refractivity contribution in [3.8, 4) is 5.69 Å². The van der Waals surface area contributed by atoms with Crippen LogP contribution in [0.25, 0.3) is 16.6 Å². The number of aromatic nitrogens is 4. The molecule has 0 radical (unpaired) electrons. The number of nitrogens with zero attached hydrogens (tertiary/aromatic N) is 3. The summed E-state index contributed by atoms with van der Waals surface area (Å²) >= 11 is 0. The summed E-state index contributed by atoms with van der Waals surface area (Å²) in [5.41, 5.74) is 5.09. The van der Waals surface area contributed by atoms with Crippen molar-refractivity contribution >= 4 is 10.9 Å². The van der Waals surface area contributed by atoms with Crippen LogP contribution in [0.15, 0.2) is 59.4 Å². The van der Waals surface area contributed by atoms with E-state index in [9.17, 15) is 4.79 Å². The Morgan fingerprint density at radius 1 is 1.07 bits per heavy atom. The number of hydrogen-bond acceptors (Lipinski definition) is 3. The quantitative estimate of drug-likeness (QED) is 0.552. The summed E-state index contributed by atoms with van der Waals surface area (Å²) in [6.45, 7) is 7.04. The van der Waals surface area contributed by atoms with E-state index >= 15 is 0 Å². The summed E-state index contributed by atoms with van der Waals surface area (Å²) in [4.78, 5) is 21.3. The number of rotatable bonds is 5. The molecule has 0 spiro atoms. The monoisotopic (exact) mass is 388 g/mol. The molecular formula is C23H26N5O+. The number of quaternary nitrogens is 1. The van der Waals surface area contributed by atoms with Gasteiger partial charge in [0.15, 0.2) is 5.82 Å². The highest BCUT2D eigenvalue weighted by atomic mass is 16.1. The van der Waals surface area contributed by atoms with Gasteiger partial charge in [-0.15, -0.1) is 0 Å². The van der Waals surface area contributed by atoms with Gasteiger partial charge in [0.2, 0.25) is 0 Å². The lowest BCUT2D eigenvalue weighted by atomic mass is 10.1.